The molecule has 1 atom stereocenters. The van der Waals surface area contributed by atoms with E-state index in [1.807, 2.05) is 47.3 Å². The topological polar surface area (TPSA) is 62.2 Å². The van der Waals surface area contributed by atoms with Crippen LogP contribution in [0.5, 0.6) is 0 Å². The molecule has 0 aliphatic heterocycles. The summed E-state index contributed by atoms with van der Waals surface area (Å²) in [5.41, 5.74) is 2.99. The van der Waals surface area contributed by atoms with Crippen molar-refractivity contribution in [2.45, 2.75) is 31.4 Å². The molecule has 2 aromatic heterocycles. The van der Waals surface area contributed by atoms with Crippen LogP contribution in [-0.2, 0) is 11.2 Å². The molecule has 1 aliphatic rings. The van der Waals surface area contributed by atoms with Gasteiger partial charge >= 0.3 is 0 Å². The molecule has 1 amide bonds. The Labute approximate surface area is 150 Å². The molecule has 4 nitrogen and oxygen atoms in total. The van der Waals surface area contributed by atoms with Crippen molar-refractivity contribution in [1.82, 2.24) is 10.3 Å². The molecule has 1 aliphatic carbocycles. The molecule has 2 N–H and O–H groups in total. The van der Waals surface area contributed by atoms with Gasteiger partial charge in [0.2, 0.25) is 5.91 Å². The molecule has 0 saturated heterocycles. The first-order chi connectivity index (χ1) is 12.2. The number of benzene rings is 1. The number of hydrogen-bond acceptors (Lipinski definition) is 4. The highest BCUT2D eigenvalue weighted by molar-refractivity contribution is 7.08. The van der Waals surface area contributed by atoms with Crippen LogP contribution in [0.25, 0.3) is 10.9 Å². The average Bonchev–Trinajstić information content (AvgIpc) is 3.09. The number of aliphatic hydroxyl groups excluding tert-OH is 1. The normalized spacial score (nSPS) is 20.8. The Bertz CT molecular complexity index is 872. The summed E-state index contributed by atoms with van der Waals surface area (Å²) in [4.78, 5) is 17.0. The number of rotatable bonds is 5. The third kappa shape index (κ3) is 3.57. The summed E-state index contributed by atoms with van der Waals surface area (Å²) < 4.78 is 0. The minimum Gasteiger partial charge on any atom is -0.393 e. The van der Waals surface area contributed by atoms with Gasteiger partial charge in [-0.3, -0.25) is 9.78 Å². The smallest absolute Gasteiger partial charge is 0.224 e. The summed E-state index contributed by atoms with van der Waals surface area (Å²) >= 11 is 1.60. The van der Waals surface area contributed by atoms with Gasteiger partial charge in [-0.05, 0) is 58.8 Å². The maximum atomic E-state index is 12.5. The van der Waals surface area contributed by atoms with E-state index in [0.717, 1.165) is 34.9 Å². The quantitative estimate of drug-likeness (QED) is 0.739. The molecule has 128 valence electrons. The van der Waals surface area contributed by atoms with Crippen LogP contribution in [0.15, 0.2) is 53.4 Å². The fourth-order valence-electron chi connectivity index (χ4n) is 3.44. The van der Waals surface area contributed by atoms with Crippen LogP contribution in [0.1, 0.15) is 30.0 Å². The van der Waals surface area contributed by atoms with Gasteiger partial charge < -0.3 is 10.4 Å². The van der Waals surface area contributed by atoms with E-state index < -0.39 is 0 Å². The Kier molecular flexibility index (Phi) is 4.51. The number of amides is 1. The maximum absolute atomic E-state index is 12.5. The highest BCUT2D eigenvalue weighted by atomic mass is 32.1. The molecule has 3 aromatic rings. The Balaban J connectivity index is 1.57. The van der Waals surface area contributed by atoms with E-state index in [0.29, 0.717) is 6.42 Å². The molecule has 0 spiro atoms. The van der Waals surface area contributed by atoms with Crippen LogP contribution in [0.3, 0.4) is 0 Å². The van der Waals surface area contributed by atoms with E-state index in [1.165, 1.54) is 0 Å². The molecule has 1 fully saturated rings. The molecule has 1 aromatic carbocycles. The lowest BCUT2D eigenvalue weighted by Gasteiger charge is -2.38. The third-order valence-electron chi connectivity index (χ3n) is 4.85. The number of fused-ring (bicyclic) bond motifs is 1. The van der Waals surface area contributed by atoms with E-state index in [9.17, 15) is 9.90 Å². The molecule has 25 heavy (non-hydrogen) atoms. The summed E-state index contributed by atoms with van der Waals surface area (Å²) in [6.07, 6.45) is 3.42. The van der Waals surface area contributed by atoms with Crippen LogP contribution in [0, 0.1) is 5.92 Å². The van der Waals surface area contributed by atoms with Crippen molar-refractivity contribution in [1.29, 1.82) is 0 Å². The van der Waals surface area contributed by atoms with Gasteiger partial charge in [0.15, 0.2) is 0 Å². The number of aromatic nitrogens is 1. The van der Waals surface area contributed by atoms with Gasteiger partial charge in [-0.1, -0.05) is 18.2 Å². The SMILES string of the molecule is O=C(Cc1ccsc1)NC(c1cnc2ccccc2c1)C1CC(O)C1. The molecule has 0 radical (unpaired) electrons. The number of pyridine rings is 1. The predicted octanol–water partition coefficient (Wildman–Crippen LogP) is 3.47. The maximum Gasteiger partial charge on any atom is 0.224 e. The van der Waals surface area contributed by atoms with Gasteiger partial charge in [0, 0.05) is 11.6 Å². The first kappa shape index (κ1) is 16.2. The van der Waals surface area contributed by atoms with Crippen molar-refractivity contribution in [2.75, 3.05) is 0 Å². The zero-order valence-corrected chi connectivity index (χ0v) is 14.6. The van der Waals surface area contributed by atoms with Crippen LogP contribution in [0.2, 0.25) is 0 Å². The standard InChI is InChI=1S/C20H20N2O2S/c23-17-9-15(10-17)20(22-19(24)7-13-5-6-25-12-13)16-8-14-3-1-2-4-18(14)21-11-16/h1-6,8,11-12,15,17,20,23H,7,9-10H2,(H,22,24). The number of para-hydroxylation sites is 1. The minimum atomic E-state index is -0.255. The fraction of sp³-hybridized carbons (Fsp3) is 0.300. The number of hydrogen-bond donors (Lipinski definition) is 2. The number of aliphatic hydroxyl groups is 1. The minimum absolute atomic E-state index is 0.0120. The number of carbonyl (C=O) groups excluding carboxylic acids is 1. The number of nitrogens with one attached hydrogen (secondary N) is 1. The molecular weight excluding hydrogens is 332 g/mol. The molecule has 1 unspecified atom stereocenters. The molecular formula is C20H20N2O2S. The number of carbonyl (C=O) groups is 1. The second-order valence-corrected chi connectivity index (χ2v) is 7.48. The Hall–Kier alpha value is -2.24. The first-order valence-corrected chi connectivity index (χ1v) is 9.46. The fourth-order valence-corrected chi connectivity index (χ4v) is 4.11. The van der Waals surface area contributed by atoms with E-state index in [2.05, 4.69) is 16.4 Å². The van der Waals surface area contributed by atoms with Crippen LogP contribution < -0.4 is 5.32 Å². The van der Waals surface area contributed by atoms with Crippen molar-refractivity contribution in [2.24, 2.45) is 5.92 Å². The van der Waals surface area contributed by atoms with E-state index in [4.69, 9.17) is 0 Å². The lowest BCUT2D eigenvalue weighted by Crippen LogP contribution is -2.41. The Morgan fingerprint density at radius 2 is 2.16 bits per heavy atom. The van der Waals surface area contributed by atoms with Gasteiger partial charge in [-0.2, -0.15) is 11.3 Å². The zero-order valence-electron chi connectivity index (χ0n) is 13.8. The summed E-state index contributed by atoms with van der Waals surface area (Å²) in [7, 11) is 0. The summed E-state index contributed by atoms with van der Waals surface area (Å²) in [6, 6.07) is 11.9. The Morgan fingerprint density at radius 1 is 1.32 bits per heavy atom. The molecule has 2 heterocycles. The molecule has 4 rings (SSSR count). The molecule has 0 bridgehead atoms. The average molecular weight is 352 g/mol. The largest absolute Gasteiger partial charge is 0.393 e. The Morgan fingerprint density at radius 3 is 2.92 bits per heavy atom. The number of thiophene rings is 1. The summed E-state index contributed by atoms with van der Waals surface area (Å²) in [6.45, 7) is 0. The number of nitrogens with zero attached hydrogens (tertiary/aromatic N) is 1. The van der Waals surface area contributed by atoms with Crippen molar-refractivity contribution in [3.05, 3.63) is 64.5 Å². The zero-order chi connectivity index (χ0) is 17.2. The van der Waals surface area contributed by atoms with Gasteiger partial charge in [0.1, 0.15) is 0 Å². The monoisotopic (exact) mass is 352 g/mol. The third-order valence-corrected chi connectivity index (χ3v) is 5.59. The van der Waals surface area contributed by atoms with E-state index in [1.54, 1.807) is 11.3 Å². The summed E-state index contributed by atoms with van der Waals surface area (Å²) in [5.74, 6) is 0.266. The lowest BCUT2D eigenvalue weighted by molar-refractivity contribution is -0.122. The van der Waals surface area contributed by atoms with Crippen LogP contribution in [0.4, 0.5) is 0 Å². The van der Waals surface area contributed by atoms with Gasteiger partial charge in [0.25, 0.3) is 0 Å². The summed E-state index contributed by atoms with van der Waals surface area (Å²) in [5, 5.41) is 17.9. The highest BCUT2D eigenvalue weighted by Gasteiger charge is 2.35. The second kappa shape index (κ2) is 6.94. The van der Waals surface area contributed by atoms with Gasteiger partial charge in [0.05, 0.1) is 24.1 Å². The molecule has 1 saturated carbocycles. The molecule has 5 heteroatoms. The van der Waals surface area contributed by atoms with Crippen molar-refractivity contribution < 1.29 is 9.90 Å². The van der Waals surface area contributed by atoms with Gasteiger partial charge in [-0.15, -0.1) is 0 Å². The van der Waals surface area contributed by atoms with Crippen molar-refractivity contribution >= 4 is 28.1 Å². The van der Waals surface area contributed by atoms with E-state index >= 15 is 0 Å². The first-order valence-electron chi connectivity index (χ1n) is 8.52. The van der Waals surface area contributed by atoms with Gasteiger partial charge in [-0.25, -0.2) is 0 Å². The second-order valence-electron chi connectivity index (χ2n) is 6.70. The van der Waals surface area contributed by atoms with Crippen LogP contribution >= 0.6 is 11.3 Å². The highest BCUT2D eigenvalue weighted by Crippen LogP contribution is 2.38. The van der Waals surface area contributed by atoms with E-state index in [-0.39, 0.29) is 24.0 Å². The lowest BCUT2D eigenvalue weighted by atomic mass is 9.75. The predicted molar refractivity (Wildman–Crippen MR) is 99.4 cm³/mol. The van der Waals surface area contributed by atoms with Crippen molar-refractivity contribution in [3.63, 3.8) is 0 Å². The van der Waals surface area contributed by atoms with Crippen LogP contribution in [-0.4, -0.2) is 22.1 Å². The van der Waals surface area contributed by atoms with Crippen molar-refractivity contribution in [3.8, 4) is 0 Å².